The van der Waals surface area contributed by atoms with E-state index in [4.69, 9.17) is 0 Å². The third kappa shape index (κ3) is 3.45. The third-order valence-corrected chi connectivity index (χ3v) is 3.43. The second kappa shape index (κ2) is 6.34. The Morgan fingerprint density at radius 2 is 2.10 bits per heavy atom. The molecule has 2 atom stereocenters. The summed E-state index contributed by atoms with van der Waals surface area (Å²) < 4.78 is 0. The predicted molar refractivity (Wildman–Crippen MR) is 74.7 cm³/mol. The van der Waals surface area contributed by atoms with E-state index < -0.39 is 6.10 Å². The summed E-state index contributed by atoms with van der Waals surface area (Å²) >= 11 is 0. The highest BCUT2D eigenvalue weighted by Gasteiger charge is 2.24. The van der Waals surface area contributed by atoms with Gasteiger partial charge in [0.15, 0.2) is 0 Å². The molecule has 20 heavy (non-hydrogen) atoms. The molecule has 2 unspecified atom stereocenters. The van der Waals surface area contributed by atoms with Crippen LogP contribution in [-0.4, -0.2) is 27.2 Å². The fourth-order valence-corrected chi connectivity index (χ4v) is 2.09. The van der Waals surface area contributed by atoms with E-state index >= 15 is 0 Å². The Kier molecular flexibility index (Phi) is 4.53. The van der Waals surface area contributed by atoms with Crippen LogP contribution in [0.4, 0.5) is 0 Å². The van der Waals surface area contributed by atoms with Crippen molar-refractivity contribution in [3.8, 4) is 0 Å². The summed E-state index contributed by atoms with van der Waals surface area (Å²) in [5.41, 5.74) is 1.52. The van der Waals surface area contributed by atoms with Gasteiger partial charge in [0.1, 0.15) is 5.76 Å². The highest BCUT2D eigenvalue weighted by atomic mass is 16.3. The molecule has 0 radical (unpaired) electrons. The molecule has 0 spiro atoms. The first-order valence-electron chi connectivity index (χ1n) is 6.52. The molecule has 106 valence electrons. The monoisotopic (exact) mass is 274 g/mol. The molecule has 1 amide bonds. The summed E-state index contributed by atoms with van der Waals surface area (Å²) in [6.07, 6.45) is 5.72. The number of hydrogen-bond acceptors (Lipinski definition) is 4. The van der Waals surface area contributed by atoms with Gasteiger partial charge < -0.3 is 15.5 Å². The lowest BCUT2D eigenvalue weighted by Crippen LogP contribution is -2.28. The van der Waals surface area contributed by atoms with Gasteiger partial charge in [-0.15, -0.1) is 0 Å². The zero-order chi connectivity index (χ0) is 14.5. The highest BCUT2D eigenvalue weighted by Crippen LogP contribution is 2.26. The van der Waals surface area contributed by atoms with E-state index in [1.165, 1.54) is 12.2 Å². The number of nitrogens with one attached hydrogen (secondary N) is 1. The summed E-state index contributed by atoms with van der Waals surface area (Å²) in [7, 11) is 0. The molecule has 1 aliphatic rings. The Labute approximate surface area is 117 Å². The van der Waals surface area contributed by atoms with Crippen LogP contribution in [0.25, 0.3) is 0 Å². The molecule has 1 heterocycles. The van der Waals surface area contributed by atoms with Crippen LogP contribution in [0.15, 0.2) is 48.0 Å². The fraction of sp³-hybridized carbons (Fsp3) is 0.333. The molecule has 0 aromatic carbocycles. The number of allylic oxidation sites excluding steroid dienone is 1. The minimum Gasteiger partial charge on any atom is -0.508 e. The zero-order valence-electron chi connectivity index (χ0n) is 11.3. The second-order valence-corrected chi connectivity index (χ2v) is 4.86. The van der Waals surface area contributed by atoms with E-state index in [2.05, 4.69) is 10.3 Å². The lowest BCUT2D eigenvalue weighted by atomic mass is 9.87. The SMILES string of the molecule is CC1C(CC(=O)NCc2ccncc2)=C(O)C=CC1O. The molecule has 0 saturated heterocycles. The normalized spacial score (nSPS) is 21.9. The van der Waals surface area contributed by atoms with Gasteiger partial charge in [-0.3, -0.25) is 9.78 Å². The number of hydrogen-bond donors (Lipinski definition) is 3. The van der Waals surface area contributed by atoms with Crippen LogP contribution in [0.5, 0.6) is 0 Å². The van der Waals surface area contributed by atoms with E-state index in [-0.39, 0.29) is 24.0 Å². The van der Waals surface area contributed by atoms with Crippen molar-refractivity contribution in [3.63, 3.8) is 0 Å². The topological polar surface area (TPSA) is 82.5 Å². The molecule has 2 rings (SSSR count). The molecule has 5 heteroatoms. The molecule has 0 bridgehead atoms. The fourth-order valence-electron chi connectivity index (χ4n) is 2.09. The summed E-state index contributed by atoms with van der Waals surface area (Å²) in [6, 6.07) is 3.65. The average Bonchev–Trinajstić information content (AvgIpc) is 2.46. The smallest absolute Gasteiger partial charge is 0.224 e. The van der Waals surface area contributed by atoms with E-state index in [0.717, 1.165) is 5.56 Å². The van der Waals surface area contributed by atoms with Gasteiger partial charge in [0.05, 0.1) is 12.5 Å². The van der Waals surface area contributed by atoms with Gasteiger partial charge in [-0.25, -0.2) is 0 Å². The Balaban J connectivity index is 1.93. The zero-order valence-corrected chi connectivity index (χ0v) is 11.3. The number of carbonyl (C=O) groups excluding carboxylic acids is 1. The number of rotatable bonds is 4. The maximum Gasteiger partial charge on any atom is 0.224 e. The van der Waals surface area contributed by atoms with Gasteiger partial charge in [0.25, 0.3) is 0 Å². The molecule has 3 N–H and O–H groups in total. The van der Waals surface area contributed by atoms with Gasteiger partial charge in [-0.2, -0.15) is 0 Å². The van der Waals surface area contributed by atoms with E-state index in [1.807, 2.05) is 12.1 Å². The van der Waals surface area contributed by atoms with Crippen LogP contribution in [0.1, 0.15) is 18.9 Å². The quantitative estimate of drug-likeness (QED) is 0.776. The first-order valence-corrected chi connectivity index (χ1v) is 6.52. The molecule has 0 saturated carbocycles. The van der Waals surface area contributed by atoms with Crippen molar-refractivity contribution in [1.29, 1.82) is 0 Å². The minimum atomic E-state index is -0.658. The maximum atomic E-state index is 11.9. The van der Waals surface area contributed by atoms with Crippen molar-refractivity contribution in [3.05, 3.63) is 53.6 Å². The van der Waals surface area contributed by atoms with Crippen LogP contribution in [0, 0.1) is 5.92 Å². The molecule has 5 nitrogen and oxygen atoms in total. The standard InChI is InChI=1S/C15H18N2O3/c1-10-12(14(19)3-2-13(10)18)8-15(20)17-9-11-4-6-16-7-5-11/h2-7,10,13,18-19H,8-9H2,1H3,(H,17,20). The van der Waals surface area contributed by atoms with E-state index in [0.29, 0.717) is 12.1 Å². The van der Waals surface area contributed by atoms with Crippen molar-refractivity contribution < 1.29 is 15.0 Å². The molecule has 1 aromatic rings. The second-order valence-electron chi connectivity index (χ2n) is 4.86. The van der Waals surface area contributed by atoms with Gasteiger partial charge >= 0.3 is 0 Å². The molecule has 0 fully saturated rings. The minimum absolute atomic E-state index is 0.0712. The van der Waals surface area contributed by atoms with Crippen molar-refractivity contribution >= 4 is 5.91 Å². The highest BCUT2D eigenvalue weighted by molar-refractivity contribution is 5.79. The van der Waals surface area contributed by atoms with Crippen molar-refractivity contribution in [2.24, 2.45) is 5.92 Å². The third-order valence-electron chi connectivity index (χ3n) is 3.43. The average molecular weight is 274 g/mol. The lowest BCUT2D eigenvalue weighted by molar-refractivity contribution is -0.120. The number of aliphatic hydroxyl groups excluding tert-OH is 2. The Bertz CT molecular complexity index is 537. The van der Waals surface area contributed by atoms with Crippen LogP contribution in [-0.2, 0) is 11.3 Å². The largest absolute Gasteiger partial charge is 0.508 e. The van der Waals surface area contributed by atoms with Gasteiger partial charge in [-0.1, -0.05) is 13.0 Å². The molecule has 1 aromatic heterocycles. The van der Waals surface area contributed by atoms with Gasteiger partial charge in [-0.05, 0) is 29.3 Å². The number of aliphatic hydroxyl groups is 2. The summed E-state index contributed by atoms with van der Waals surface area (Å²) in [6.45, 7) is 2.21. The van der Waals surface area contributed by atoms with Crippen LogP contribution in [0.2, 0.25) is 0 Å². The summed E-state index contributed by atoms with van der Waals surface area (Å²) in [4.78, 5) is 15.8. The van der Waals surface area contributed by atoms with Crippen LogP contribution < -0.4 is 5.32 Å². The number of carbonyl (C=O) groups is 1. The van der Waals surface area contributed by atoms with Gasteiger partial charge in [0.2, 0.25) is 5.91 Å². The van der Waals surface area contributed by atoms with Crippen LogP contribution in [0.3, 0.4) is 0 Å². The predicted octanol–water partition coefficient (Wildman–Crippen LogP) is 1.47. The summed E-state index contributed by atoms with van der Waals surface area (Å²) in [5, 5.41) is 22.3. The number of amides is 1. The number of nitrogens with zero attached hydrogens (tertiary/aromatic N) is 1. The first kappa shape index (κ1) is 14.3. The first-order chi connectivity index (χ1) is 9.58. The van der Waals surface area contributed by atoms with E-state index in [9.17, 15) is 15.0 Å². The Hall–Kier alpha value is -2.14. The Morgan fingerprint density at radius 3 is 2.80 bits per heavy atom. The number of pyridine rings is 1. The van der Waals surface area contributed by atoms with Crippen LogP contribution >= 0.6 is 0 Å². The van der Waals surface area contributed by atoms with Crippen molar-refractivity contribution in [1.82, 2.24) is 10.3 Å². The van der Waals surface area contributed by atoms with E-state index in [1.54, 1.807) is 19.3 Å². The van der Waals surface area contributed by atoms with Crippen molar-refractivity contribution in [2.75, 3.05) is 0 Å². The van der Waals surface area contributed by atoms with Crippen molar-refractivity contribution in [2.45, 2.75) is 26.0 Å². The Morgan fingerprint density at radius 1 is 1.40 bits per heavy atom. The molecular weight excluding hydrogens is 256 g/mol. The summed E-state index contributed by atoms with van der Waals surface area (Å²) in [5.74, 6) is -0.369. The number of aromatic nitrogens is 1. The van der Waals surface area contributed by atoms with Gasteiger partial charge in [0, 0.05) is 24.9 Å². The molecule has 0 aliphatic heterocycles. The molecular formula is C15H18N2O3. The maximum absolute atomic E-state index is 11.9. The molecule has 1 aliphatic carbocycles. The lowest BCUT2D eigenvalue weighted by Gasteiger charge is -2.23.